The summed E-state index contributed by atoms with van der Waals surface area (Å²) >= 11 is 0. The molecule has 1 heterocycles. The van der Waals surface area contributed by atoms with Gasteiger partial charge in [0, 0.05) is 12.6 Å². The molecule has 0 aromatic heterocycles. The topological polar surface area (TPSA) is 79.0 Å². The van der Waals surface area contributed by atoms with Gasteiger partial charge in [-0.15, -0.1) is 0 Å². The Labute approximate surface area is 156 Å². The Morgan fingerprint density at radius 1 is 1.31 bits per heavy atom. The molecule has 2 rings (SSSR count). The highest BCUT2D eigenvalue weighted by Gasteiger charge is 2.21. The zero-order valence-corrected chi connectivity index (χ0v) is 16.4. The van der Waals surface area contributed by atoms with Gasteiger partial charge in [-0.2, -0.15) is 0 Å². The number of rotatable bonds is 10. The first-order chi connectivity index (χ1) is 12.4. The minimum Gasteiger partial charge on any atom is -0.494 e. The molecule has 26 heavy (non-hydrogen) atoms. The molecule has 1 fully saturated rings. The number of carbonyl (C=O) groups excluding carboxylic acids is 1. The second-order valence-corrected chi connectivity index (χ2v) is 8.36. The number of hydrogen-bond acceptors (Lipinski definition) is 5. The van der Waals surface area contributed by atoms with Crippen molar-refractivity contribution >= 4 is 21.6 Å². The van der Waals surface area contributed by atoms with Gasteiger partial charge in [0.15, 0.2) is 0 Å². The van der Waals surface area contributed by atoms with E-state index in [1.165, 1.54) is 12.8 Å². The van der Waals surface area contributed by atoms with Crippen LogP contribution in [-0.2, 0) is 14.8 Å². The Morgan fingerprint density at radius 3 is 2.69 bits per heavy atom. The van der Waals surface area contributed by atoms with Crippen molar-refractivity contribution in [3.8, 4) is 5.75 Å². The second kappa shape index (κ2) is 9.78. The maximum absolute atomic E-state index is 12.2. The Hall–Kier alpha value is -1.80. The molecule has 1 saturated heterocycles. The van der Waals surface area contributed by atoms with Crippen molar-refractivity contribution in [2.24, 2.45) is 0 Å². The van der Waals surface area contributed by atoms with E-state index in [0.29, 0.717) is 24.6 Å². The van der Waals surface area contributed by atoms with Crippen molar-refractivity contribution in [1.82, 2.24) is 10.2 Å². The fraction of sp³-hybridized carbons (Fsp3) is 0.611. The van der Waals surface area contributed by atoms with Crippen LogP contribution in [-0.4, -0.2) is 64.8 Å². The fourth-order valence-corrected chi connectivity index (χ4v) is 3.87. The highest BCUT2D eigenvalue weighted by Crippen LogP contribution is 2.23. The summed E-state index contributed by atoms with van der Waals surface area (Å²) in [5, 5.41) is 2.82. The van der Waals surface area contributed by atoms with Crippen LogP contribution in [0.5, 0.6) is 5.75 Å². The summed E-state index contributed by atoms with van der Waals surface area (Å²) in [6.45, 7) is 5.88. The number of hydrogen-bond donors (Lipinski definition) is 1. The lowest BCUT2D eigenvalue weighted by Gasteiger charge is -2.22. The van der Waals surface area contributed by atoms with Crippen LogP contribution in [0.4, 0.5) is 5.69 Å². The Balaban J connectivity index is 1.90. The molecule has 1 aliphatic heterocycles. The van der Waals surface area contributed by atoms with E-state index >= 15 is 0 Å². The standard InChI is InChI=1S/C18H29N3O4S/c1-3-25-17-9-6-8-16(14-17)21(26(2,23)24)15-18(22)19-10-7-13-20-11-4-5-12-20/h6,8-9,14H,3-5,7,10-13,15H2,1-2H3,(H,19,22). The van der Waals surface area contributed by atoms with Crippen molar-refractivity contribution < 1.29 is 17.9 Å². The van der Waals surface area contributed by atoms with E-state index in [9.17, 15) is 13.2 Å². The number of likely N-dealkylation sites (tertiary alicyclic amines) is 1. The number of nitrogens with zero attached hydrogens (tertiary/aromatic N) is 2. The minimum absolute atomic E-state index is 0.238. The summed E-state index contributed by atoms with van der Waals surface area (Å²) in [5.74, 6) is 0.267. The van der Waals surface area contributed by atoms with Gasteiger partial charge in [0.2, 0.25) is 15.9 Å². The van der Waals surface area contributed by atoms with E-state index in [-0.39, 0.29) is 12.5 Å². The molecule has 1 aliphatic rings. The second-order valence-electron chi connectivity index (χ2n) is 6.45. The van der Waals surface area contributed by atoms with Crippen LogP contribution in [0.1, 0.15) is 26.2 Å². The number of amides is 1. The van der Waals surface area contributed by atoms with Gasteiger partial charge >= 0.3 is 0 Å². The van der Waals surface area contributed by atoms with Crippen LogP contribution >= 0.6 is 0 Å². The fourth-order valence-electron chi connectivity index (χ4n) is 3.02. The lowest BCUT2D eigenvalue weighted by atomic mass is 10.3. The third-order valence-electron chi connectivity index (χ3n) is 4.28. The van der Waals surface area contributed by atoms with Gasteiger partial charge < -0.3 is 15.0 Å². The SMILES string of the molecule is CCOc1cccc(N(CC(=O)NCCCN2CCCC2)S(C)(=O)=O)c1. The van der Waals surface area contributed by atoms with E-state index in [1.54, 1.807) is 24.3 Å². The van der Waals surface area contributed by atoms with Crippen molar-refractivity contribution in [3.63, 3.8) is 0 Å². The molecule has 1 aromatic rings. The number of benzene rings is 1. The highest BCUT2D eigenvalue weighted by molar-refractivity contribution is 7.92. The number of nitrogens with one attached hydrogen (secondary N) is 1. The van der Waals surface area contributed by atoms with Gasteiger partial charge in [0.1, 0.15) is 12.3 Å². The summed E-state index contributed by atoms with van der Waals surface area (Å²) in [6.07, 6.45) is 4.46. The molecule has 1 N–H and O–H groups in total. The normalized spacial score (nSPS) is 15.0. The Bertz CT molecular complexity index is 687. The number of ether oxygens (including phenoxy) is 1. The van der Waals surface area contributed by atoms with E-state index in [1.807, 2.05) is 6.92 Å². The van der Waals surface area contributed by atoms with Crippen LogP contribution in [0.3, 0.4) is 0 Å². The Morgan fingerprint density at radius 2 is 2.04 bits per heavy atom. The average molecular weight is 384 g/mol. The van der Waals surface area contributed by atoms with E-state index < -0.39 is 10.0 Å². The first kappa shape index (κ1) is 20.5. The molecule has 1 aromatic carbocycles. The molecule has 0 spiro atoms. The van der Waals surface area contributed by atoms with Crippen molar-refractivity contribution in [1.29, 1.82) is 0 Å². The summed E-state index contributed by atoms with van der Waals surface area (Å²) in [6, 6.07) is 6.76. The third kappa shape index (κ3) is 6.49. The van der Waals surface area contributed by atoms with E-state index in [0.717, 1.165) is 36.6 Å². The van der Waals surface area contributed by atoms with Gasteiger partial charge in [-0.25, -0.2) is 8.42 Å². The predicted octanol–water partition coefficient (Wildman–Crippen LogP) is 1.45. The highest BCUT2D eigenvalue weighted by atomic mass is 32.2. The molecular formula is C18H29N3O4S. The van der Waals surface area contributed by atoms with Crippen LogP contribution < -0.4 is 14.4 Å². The van der Waals surface area contributed by atoms with Crippen LogP contribution in [0, 0.1) is 0 Å². The van der Waals surface area contributed by atoms with Gasteiger partial charge in [-0.05, 0) is 58.0 Å². The summed E-state index contributed by atoms with van der Waals surface area (Å²) in [5.41, 5.74) is 0.422. The zero-order chi connectivity index (χ0) is 19.0. The number of sulfonamides is 1. The molecule has 1 amide bonds. The first-order valence-electron chi connectivity index (χ1n) is 9.10. The third-order valence-corrected chi connectivity index (χ3v) is 5.42. The molecule has 7 nitrogen and oxygen atoms in total. The quantitative estimate of drug-likeness (QED) is 0.619. The number of carbonyl (C=O) groups is 1. The lowest BCUT2D eigenvalue weighted by molar-refractivity contribution is -0.119. The minimum atomic E-state index is -3.58. The first-order valence-corrected chi connectivity index (χ1v) is 10.9. The van der Waals surface area contributed by atoms with Crippen LogP contribution in [0.2, 0.25) is 0 Å². The zero-order valence-electron chi connectivity index (χ0n) is 15.6. The monoisotopic (exact) mass is 383 g/mol. The van der Waals surface area contributed by atoms with Crippen LogP contribution in [0.15, 0.2) is 24.3 Å². The average Bonchev–Trinajstić information content (AvgIpc) is 3.09. The summed E-state index contributed by atoms with van der Waals surface area (Å²) < 4.78 is 30.8. The summed E-state index contributed by atoms with van der Waals surface area (Å²) in [7, 11) is -3.58. The van der Waals surface area contributed by atoms with Gasteiger partial charge in [-0.3, -0.25) is 9.10 Å². The lowest BCUT2D eigenvalue weighted by Crippen LogP contribution is -2.41. The van der Waals surface area contributed by atoms with E-state index in [2.05, 4.69) is 10.2 Å². The van der Waals surface area contributed by atoms with Gasteiger partial charge in [0.05, 0.1) is 18.6 Å². The predicted molar refractivity (Wildman–Crippen MR) is 103 cm³/mol. The molecule has 0 bridgehead atoms. The summed E-state index contributed by atoms with van der Waals surface area (Å²) in [4.78, 5) is 14.6. The molecule has 0 saturated carbocycles. The molecule has 0 radical (unpaired) electrons. The number of anilines is 1. The van der Waals surface area contributed by atoms with Gasteiger partial charge in [0.25, 0.3) is 0 Å². The van der Waals surface area contributed by atoms with Crippen molar-refractivity contribution in [3.05, 3.63) is 24.3 Å². The van der Waals surface area contributed by atoms with Gasteiger partial charge in [-0.1, -0.05) is 6.07 Å². The molecule has 8 heteroatoms. The maximum atomic E-state index is 12.2. The molecule has 0 atom stereocenters. The van der Waals surface area contributed by atoms with Crippen molar-refractivity contribution in [2.45, 2.75) is 26.2 Å². The van der Waals surface area contributed by atoms with E-state index in [4.69, 9.17) is 4.74 Å². The molecule has 146 valence electrons. The maximum Gasteiger partial charge on any atom is 0.240 e. The smallest absolute Gasteiger partial charge is 0.240 e. The Kier molecular flexibility index (Phi) is 7.71. The molecule has 0 unspecified atom stereocenters. The molecule has 0 aliphatic carbocycles. The molecular weight excluding hydrogens is 354 g/mol. The van der Waals surface area contributed by atoms with Crippen LogP contribution in [0.25, 0.3) is 0 Å². The van der Waals surface area contributed by atoms with Crippen molar-refractivity contribution in [2.75, 3.05) is 49.9 Å². The largest absolute Gasteiger partial charge is 0.494 e.